The molecule has 0 amide bonds. The van der Waals surface area contributed by atoms with Crippen molar-refractivity contribution in [1.29, 1.82) is 0 Å². The van der Waals surface area contributed by atoms with Crippen molar-refractivity contribution in [2.75, 3.05) is 13.6 Å². The van der Waals surface area contributed by atoms with Gasteiger partial charge in [-0.05, 0) is 6.92 Å². The van der Waals surface area contributed by atoms with E-state index in [1.165, 1.54) is 0 Å². The standard InChI is InChI=1S/C8H18N2/c1-6-10-7(9-5)8(2,3)4/h6H2,1-5H3,(H,9,10). The average molecular weight is 142 g/mol. The van der Waals surface area contributed by atoms with Crippen LogP contribution in [0.3, 0.4) is 0 Å². The third-order valence-electron chi connectivity index (χ3n) is 1.28. The predicted octanol–water partition coefficient (Wildman–Crippen LogP) is 1.67. The van der Waals surface area contributed by atoms with Crippen molar-refractivity contribution in [2.24, 2.45) is 10.4 Å². The fourth-order valence-electron chi connectivity index (χ4n) is 0.847. The molecule has 0 aromatic rings. The monoisotopic (exact) mass is 142 g/mol. The minimum atomic E-state index is 0.157. The summed E-state index contributed by atoms with van der Waals surface area (Å²) in [5, 5.41) is 3.22. The van der Waals surface area contributed by atoms with Crippen molar-refractivity contribution in [2.45, 2.75) is 27.7 Å². The van der Waals surface area contributed by atoms with Crippen LogP contribution in [0.15, 0.2) is 4.99 Å². The van der Waals surface area contributed by atoms with E-state index in [0.29, 0.717) is 0 Å². The molecule has 0 aliphatic heterocycles. The molecule has 0 aliphatic carbocycles. The van der Waals surface area contributed by atoms with E-state index in [0.717, 1.165) is 12.4 Å². The molecule has 0 heterocycles. The molecule has 0 bridgehead atoms. The van der Waals surface area contributed by atoms with Crippen LogP contribution in [0.25, 0.3) is 0 Å². The number of rotatable bonds is 1. The fraction of sp³-hybridized carbons (Fsp3) is 0.875. The highest BCUT2D eigenvalue weighted by molar-refractivity contribution is 5.86. The maximum Gasteiger partial charge on any atom is 0.101 e. The zero-order chi connectivity index (χ0) is 8.20. The fourth-order valence-corrected chi connectivity index (χ4v) is 0.847. The summed E-state index contributed by atoms with van der Waals surface area (Å²) < 4.78 is 0. The summed E-state index contributed by atoms with van der Waals surface area (Å²) in [5.41, 5.74) is 0.157. The highest BCUT2D eigenvalue weighted by Gasteiger charge is 2.16. The van der Waals surface area contributed by atoms with Crippen molar-refractivity contribution in [3.63, 3.8) is 0 Å². The van der Waals surface area contributed by atoms with Gasteiger partial charge in [0.15, 0.2) is 0 Å². The molecule has 0 spiro atoms. The summed E-state index contributed by atoms with van der Waals surface area (Å²) in [6, 6.07) is 0. The highest BCUT2D eigenvalue weighted by Crippen LogP contribution is 2.13. The summed E-state index contributed by atoms with van der Waals surface area (Å²) >= 11 is 0. The summed E-state index contributed by atoms with van der Waals surface area (Å²) in [7, 11) is 1.82. The van der Waals surface area contributed by atoms with Gasteiger partial charge in [-0.2, -0.15) is 0 Å². The van der Waals surface area contributed by atoms with E-state index in [1.807, 2.05) is 7.05 Å². The van der Waals surface area contributed by atoms with Crippen molar-refractivity contribution in [3.05, 3.63) is 0 Å². The Bertz CT molecular complexity index is 120. The summed E-state index contributed by atoms with van der Waals surface area (Å²) in [6.45, 7) is 9.48. The van der Waals surface area contributed by atoms with Gasteiger partial charge in [0.05, 0.1) is 0 Å². The molecule has 0 saturated carbocycles. The van der Waals surface area contributed by atoms with Crippen LogP contribution in [-0.4, -0.2) is 19.4 Å². The minimum Gasteiger partial charge on any atom is -0.374 e. The maximum absolute atomic E-state index is 4.15. The molecule has 0 unspecified atom stereocenters. The lowest BCUT2D eigenvalue weighted by Crippen LogP contribution is -2.34. The third-order valence-corrected chi connectivity index (χ3v) is 1.28. The highest BCUT2D eigenvalue weighted by atomic mass is 15.0. The smallest absolute Gasteiger partial charge is 0.101 e. The third kappa shape index (κ3) is 2.85. The molecule has 0 atom stereocenters. The molecule has 60 valence electrons. The van der Waals surface area contributed by atoms with Crippen molar-refractivity contribution in [3.8, 4) is 0 Å². The molecular weight excluding hydrogens is 124 g/mol. The van der Waals surface area contributed by atoms with Gasteiger partial charge in [-0.15, -0.1) is 0 Å². The molecule has 0 aliphatic rings. The van der Waals surface area contributed by atoms with Gasteiger partial charge in [-0.1, -0.05) is 20.8 Å². The summed E-state index contributed by atoms with van der Waals surface area (Å²) in [5.74, 6) is 1.08. The second-order valence-electron chi connectivity index (χ2n) is 3.35. The Balaban J connectivity index is 4.10. The second-order valence-corrected chi connectivity index (χ2v) is 3.35. The lowest BCUT2D eigenvalue weighted by molar-refractivity contribution is 0.565. The van der Waals surface area contributed by atoms with Gasteiger partial charge in [-0.25, -0.2) is 0 Å². The number of aliphatic imine (C=N–C) groups is 1. The molecule has 0 radical (unpaired) electrons. The Morgan fingerprint density at radius 3 is 2.00 bits per heavy atom. The minimum absolute atomic E-state index is 0.157. The Labute approximate surface area is 63.7 Å². The normalized spacial score (nSPS) is 13.5. The Morgan fingerprint density at radius 2 is 1.90 bits per heavy atom. The van der Waals surface area contributed by atoms with Crippen molar-refractivity contribution in [1.82, 2.24) is 5.32 Å². The van der Waals surface area contributed by atoms with Crippen LogP contribution in [0, 0.1) is 5.41 Å². The number of hydrogen-bond acceptors (Lipinski definition) is 1. The average Bonchev–Trinajstić information content (AvgIpc) is 1.80. The molecule has 2 heteroatoms. The molecule has 0 aromatic heterocycles. The number of nitrogens with one attached hydrogen (secondary N) is 1. The molecule has 2 nitrogen and oxygen atoms in total. The predicted molar refractivity (Wildman–Crippen MR) is 46.5 cm³/mol. The summed E-state index contributed by atoms with van der Waals surface area (Å²) in [4.78, 5) is 4.15. The van der Waals surface area contributed by atoms with Crippen LogP contribution in [-0.2, 0) is 0 Å². The van der Waals surface area contributed by atoms with Crippen LogP contribution in [0.5, 0.6) is 0 Å². The largest absolute Gasteiger partial charge is 0.374 e. The topological polar surface area (TPSA) is 24.4 Å². The quantitative estimate of drug-likeness (QED) is 0.437. The molecule has 0 rings (SSSR count). The maximum atomic E-state index is 4.15. The van der Waals surface area contributed by atoms with Gasteiger partial charge in [0, 0.05) is 19.0 Å². The lowest BCUT2D eigenvalue weighted by atomic mass is 9.95. The van der Waals surface area contributed by atoms with Gasteiger partial charge >= 0.3 is 0 Å². The van der Waals surface area contributed by atoms with E-state index in [-0.39, 0.29) is 5.41 Å². The van der Waals surface area contributed by atoms with E-state index in [2.05, 4.69) is 38.0 Å². The van der Waals surface area contributed by atoms with Gasteiger partial charge in [0.1, 0.15) is 5.84 Å². The van der Waals surface area contributed by atoms with Crippen LogP contribution < -0.4 is 5.32 Å². The first-order chi connectivity index (χ1) is 4.52. The molecule has 0 saturated heterocycles. The first kappa shape index (κ1) is 9.47. The first-order valence-corrected chi connectivity index (χ1v) is 3.73. The van der Waals surface area contributed by atoms with Crippen LogP contribution in [0.2, 0.25) is 0 Å². The Morgan fingerprint density at radius 1 is 1.40 bits per heavy atom. The van der Waals surface area contributed by atoms with E-state index in [9.17, 15) is 0 Å². The number of amidine groups is 1. The zero-order valence-electron chi connectivity index (χ0n) is 7.65. The summed E-state index contributed by atoms with van der Waals surface area (Å²) in [6.07, 6.45) is 0. The lowest BCUT2D eigenvalue weighted by Gasteiger charge is -2.21. The molecule has 1 N–H and O–H groups in total. The Kier molecular flexibility index (Phi) is 3.40. The first-order valence-electron chi connectivity index (χ1n) is 3.73. The Hall–Kier alpha value is -0.530. The van der Waals surface area contributed by atoms with E-state index >= 15 is 0 Å². The molecule has 0 aromatic carbocycles. The van der Waals surface area contributed by atoms with Crippen molar-refractivity contribution >= 4 is 5.84 Å². The van der Waals surface area contributed by atoms with E-state index < -0.39 is 0 Å². The van der Waals surface area contributed by atoms with E-state index in [4.69, 9.17) is 0 Å². The number of hydrogen-bond donors (Lipinski definition) is 1. The van der Waals surface area contributed by atoms with Crippen LogP contribution in [0.1, 0.15) is 27.7 Å². The van der Waals surface area contributed by atoms with Crippen LogP contribution >= 0.6 is 0 Å². The van der Waals surface area contributed by atoms with Gasteiger partial charge in [0.25, 0.3) is 0 Å². The van der Waals surface area contributed by atoms with Gasteiger partial charge < -0.3 is 5.32 Å². The van der Waals surface area contributed by atoms with Gasteiger partial charge in [-0.3, -0.25) is 4.99 Å². The van der Waals surface area contributed by atoms with E-state index in [1.54, 1.807) is 0 Å². The SMILES string of the molecule is CCNC(=NC)C(C)(C)C. The van der Waals surface area contributed by atoms with Gasteiger partial charge in [0.2, 0.25) is 0 Å². The van der Waals surface area contributed by atoms with Crippen LogP contribution in [0.4, 0.5) is 0 Å². The molecular formula is C8H18N2. The number of nitrogens with zero attached hydrogens (tertiary/aromatic N) is 1. The second kappa shape index (κ2) is 3.59. The van der Waals surface area contributed by atoms with Crippen molar-refractivity contribution < 1.29 is 0 Å². The molecule has 10 heavy (non-hydrogen) atoms. The zero-order valence-corrected chi connectivity index (χ0v) is 7.65. The molecule has 0 fully saturated rings.